The fourth-order valence-corrected chi connectivity index (χ4v) is 1.54. The van der Waals surface area contributed by atoms with E-state index in [9.17, 15) is 4.79 Å². The number of carbonyl (C=O) groups is 1. The second-order valence-electron chi connectivity index (χ2n) is 3.96. The van der Waals surface area contributed by atoms with Gasteiger partial charge in [-0.05, 0) is 26.2 Å². The Kier molecular flexibility index (Phi) is 5.80. The predicted molar refractivity (Wildman–Crippen MR) is 54.3 cm³/mol. The molecule has 0 saturated carbocycles. The Morgan fingerprint density at radius 2 is 2.36 bits per heavy atom. The van der Waals surface area contributed by atoms with E-state index < -0.39 is 0 Å². The summed E-state index contributed by atoms with van der Waals surface area (Å²) < 4.78 is 10.8. The smallest absolute Gasteiger partial charge is 0.129 e. The fraction of sp³-hybridized carbons (Fsp3) is 0.909. The lowest BCUT2D eigenvalue weighted by Crippen LogP contribution is -2.10. The molecule has 3 heteroatoms. The molecule has 1 atom stereocenters. The van der Waals surface area contributed by atoms with Gasteiger partial charge in [0, 0.05) is 25.6 Å². The van der Waals surface area contributed by atoms with Gasteiger partial charge < -0.3 is 14.3 Å². The van der Waals surface area contributed by atoms with Gasteiger partial charge in [-0.15, -0.1) is 0 Å². The second kappa shape index (κ2) is 6.96. The summed E-state index contributed by atoms with van der Waals surface area (Å²) in [6, 6.07) is 0. The first kappa shape index (κ1) is 11.7. The topological polar surface area (TPSA) is 35.5 Å². The van der Waals surface area contributed by atoms with Crippen LogP contribution in [0.1, 0.15) is 32.6 Å². The summed E-state index contributed by atoms with van der Waals surface area (Å²) in [7, 11) is 0. The number of unbranched alkanes of at least 4 members (excludes halogenated alkanes) is 1. The minimum Gasteiger partial charge on any atom is -0.381 e. The Morgan fingerprint density at radius 1 is 1.50 bits per heavy atom. The van der Waals surface area contributed by atoms with Crippen molar-refractivity contribution in [1.29, 1.82) is 0 Å². The van der Waals surface area contributed by atoms with Crippen LogP contribution in [0.15, 0.2) is 0 Å². The molecule has 0 aromatic carbocycles. The van der Waals surface area contributed by atoms with E-state index in [0.29, 0.717) is 12.3 Å². The van der Waals surface area contributed by atoms with Crippen LogP contribution in [0, 0.1) is 5.92 Å². The Hall–Kier alpha value is -0.410. The number of ether oxygens (including phenoxy) is 2. The molecule has 0 bridgehead atoms. The molecule has 0 amide bonds. The van der Waals surface area contributed by atoms with Gasteiger partial charge in [0.25, 0.3) is 0 Å². The van der Waals surface area contributed by atoms with Crippen LogP contribution in [-0.4, -0.2) is 32.2 Å². The fourth-order valence-electron chi connectivity index (χ4n) is 1.54. The van der Waals surface area contributed by atoms with E-state index in [4.69, 9.17) is 9.47 Å². The average molecular weight is 200 g/mol. The number of ketones is 1. The molecule has 0 aromatic heterocycles. The second-order valence-corrected chi connectivity index (χ2v) is 3.96. The molecule has 0 spiro atoms. The Morgan fingerprint density at radius 3 is 3.00 bits per heavy atom. The lowest BCUT2D eigenvalue weighted by Gasteiger charge is -2.07. The summed E-state index contributed by atoms with van der Waals surface area (Å²) in [5, 5.41) is 0. The van der Waals surface area contributed by atoms with Gasteiger partial charge >= 0.3 is 0 Å². The first-order chi connectivity index (χ1) is 6.79. The van der Waals surface area contributed by atoms with Gasteiger partial charge in [-0.2, -0.15) is 0 Å². The highest BCUT2D eigenvalue weighted by molar-refractivity contribution is 5.75. The molecular formula is C11H20O3. The summed E-state index contributed by atoms with van der Waals surface area (Å²) in [6.07, 6.45) is 3.77. The molecule has 0 N–H and O–H groups in total. The average Bonchev–Trinajstić information content (AvgIpc) is 2.63. The van der Waals surface area contributed by atoms with E-state index in [2.05, 4.69) is 0 Å². The molecule has 0 radical (unpaired) electrons. The van der Waals surface area contributed by atoms with Crippen molar-refractivity contribution < 1.29 is 14.3 Å². The molecule has 1 rings (SSSR count). The van der Waals surface area contributed by atoms with Crippen LogP contribution in [0.4, 0.5) is 0 Å². The Labute approximate surface area is 85.8 Å². The molecule has 3 nitrogen and oxygen atoms in total. The lowest BCUT2D eigenvalue weighted by molar-refractivity contribution is -0.117. The Bertz CT molecular complexity index is 162. The standard InChI is InChI=1S/C11H20O3/c1-10(12)4-2-3-6-13-8-11-5-7-14-9-11/h11H,2-9H2,1H3. The van der Waals surface area contributed by atoms with Crippen molar-refractivity contribution >= 4 is 5.78 Å². The monoisotopic (exact) mass is 200 g/mol. The molecule has 1 aliphatic rings. The summed E-state index contributed by atoms with van der Waals surface area (Å²) in [5.41, 5.74) is 0. The molecule has 0 aromatic rings. The largest absolute Gasteiger partial charge is 0.381 e. The van der Waals surface area contributed by atoms with Crippen molar-refractivity contribution in [3.8, 4) is 0 Å². The van der Waals surface area contributed by atoms with Crippen LogP contribution in [0.3, 0.4) is 0 Å². The molecular weight excluding hydrogens is 180 g/mol. The van der Waals surface area contributed by atoms with Crippen molar-refractivity contribution in [2.45, 2.75) is 32.6 Å². The first-order valence-corrected chi connectivity index (χ1v) is 5.44. The highest BCUT2D eigenvalue weighted by atomic mass is 16.5. The van der Waals surface area contributed by atoms with Crippen LogP contribution in [0.5, 0.6) is 0 Å². The SMILES string of the molecule is CC(=O)CCCCOCC1CCOC1. The van der Waals surface area contributed by atoms with Crippen molar-refractivity contribution in [2.24, 2.45) is 5.92 Å². The van der Waals surface area contributed by atoms with Crippen LogP contribution in [0.2, 0.25) is 0 Å². The van der Waals surface area contributed by atoms with Crippen LogP contribution < -0.4 is 0 Å². The van der Waals surface area contributed by atoms with Gasteiger partial charge in [-0.25, -0.2) is 0 Å². The zero-order valence-corrected chi connectivity index (χ0v) is 8.96. The van der Waals surface area contributed by atoms with Crippen molar-refractivity contribution in [1.82, 2.24) is 0 Å². The van der Waals surface area contributed by atoms with Crippen molar-refractivity contribution in [3.63, 3.8) is 0 Å². The predicted octanol–water partition coefficient (Wildman–Crippen LogP) is 1.80. The van der Waals surface area contributed by atoms with Gasteiger partial charge in [0.2, 0.25) is 0 Å². The lowest BCUT2D eigenvalue weighted by atomic mass is 10.1. The number of carbonyl (C=O) groups excluding carboxylic acids is 1. The summed E-state index contributed by atoms with van der Waals surface area (Å²) in [5.74, 6) is 0.872. The molecule has 1 aliphatic heterocycles. The first-order valence-electron chi connectivity index (χ1n) is 5.44. The van der Waals surface area contributed by atoms with Crippen LogP contribution >= 0.6 is 0 Å². The number of hydrogen-bond acceptors (Lipinski definition) is 3. The summed E-state index contributed by atoms with van der Waals surface area (Å²) >= 11 is 0. The van der Waals surface area contributed by atoms with Gasteiger partial charge in [-0.3, -0.25) is 0 Å². The quantitative estimate of drug-likeness (QED) is 0.588. The normalized spacial score (nSPS) is 21.4. The summed E-state index contributed by atoms with van der Waals surface area (Å²) in [4.78, 5) is 10.6. The third-order valence-electron chi connectivity index (χ3n) is 2.45. The maximum Gasteiger partial charge on any atom is 0.129 e. The number of Topliss-reactive ketones (excluding diaryl/α,β-unsaturated/α-hetero) is 1. The van der Waals surface area contributed by atoms with E-state index in [1.165, 1.54) is 0 Å². The van der Waals surface area contributed by atoms with E-state index in [0.717, 1.165) is 45.7 Å². The van der Waals surface area contributed by atoms with Crippen LogP contribution in [-0.2, 0) is 14.3 Å². The Balaban J connectivity index is 1.82. The van der Waals surface area contributed by atoms with Gasteiger partial charge in [0.1, 0.15) is 5.78 Å². The van der Waals surface area contributed by atoms with E-state index >= 15 is 0 Å². The third-order valence-corrected chi connectivity index (χ3v) is 2.45. The molecule has 1 saturated heterocycles. The van der Waals surface area contributed by atoms with Gasteiger partial charge in [-0.1, -0.05) is 0 Å². The van der Waals surface area contributed by atoms with E-state index in [-0.39, 0.29) is 5.78 Å². The van der Waals surface area contributed by atoms with Gasteiger partial charge in [0.05, 0.1) is 13.2 Å². The van der Waals surface area contributed by atoms with E-state index in [1.54, 1.807) is 6.92 Å². The highest BCUT2D eigenvalue weighted by Crippen LogP contribution is 2.12. The molecule has 1 fully saturated rings. The van der Waals surface area contributed by atoms with E-state index in [1.807, 2.05) is 0 Å². The molecule has 14 heavy (non-hydrogen) atoms. The number of hydrogen-bond donors (Lipinski definition) is 0. The maximum absolute atomic E-state index is 10.6. The number of rotatable bonds is 7. The van der Waals surface area contributed by atoms with Gasteiger partial charge in [0.15, 0.2) is 0 Å². The van der Waals surface area contributed by atoms with Crippen LogP contribution in [0.25, 0.3) is 0 Å². The zero-order valence-electron chi connectivity index (χ0n) is 8.96. The highest BCUT2D eigenvalue weighted by Gasteiger charge is 2.14. The maximum atomic E-state index is 10.6. The zero-order chi connectivity index (χ0) is 10.2. The minimum atomic E-state index is 0.272. The van der Waals surface area contributed by atoms with Crippen molar-refractivity contribution in [2.75, 3.05) is 26.4 Å². The molecule has 82 valence electrons. The minimum absolute atomic E-state index is 0.272. The molecule has 0 aliphatic carbocycles. The van der Waals surface area contributed by atoms with Crippen molar-refractivity contribution in [3.05, 3.63) is 0 Å². The third kappa shape index (κ3) is 5.35. The summed E-state index contributed by atoms with van der Waals surface area (Å²) in [6.45, 7) is 4.98. The molecule has 1 heterocycles. The molecule has 1 unspecified atom stereocenters.